The lowest BCUT2D eigenvalue weighted by Gasteiger charge is -2.22. The van der Waals surface area contributed by atoms with Gasteiger partial charge >= 0.3 is 11.7 Å². The van der Waals surface area contributed by atoms with Crippen LogP contribution in [-0.2, 0) is 0 Å². The molecule has 1 aliphatic rings. The second-order valence-electron chi connectivity index (χ2n) is 8.31. The largest absolute Gasteiger partial charge is 0.484 e. The zero-order chi connectivity index (χ0) is 24.1. The third-order valence-corrected chi connectivity index (χ3v) is 5.94. The van der Waals surface area contributed by atoms with Crippen molar-refractivity contribution < 1.29 is 24.0 Å². The number of rotatable bonds is 7. The minimum absolute atomic E-state index is 0.0128. The van der Waals surface area contributed by atoms with Gasteiger partial charge in [-0.15, -0.1) is 0 Å². The van der Waals surface area contributed by atoms with Gasteiger partial charge in [0.1, 0.15) is 5.82 Å². The maximum Gasteiger partial charge on any atom is 0.336 e. The number of aromatic carboxylic acids is 1. The van der Waals surface area contributed by atoms with E-state index in [4.69, 9.17) is 4.74 Å². The number of nitro groups is 1. The van der Waals surface area contributed by atoms with Gasteiger partial charge in [0.25, 0.3) is 0 Å². The van der Waals surface area contributed by atoms with E-state index in [-0.39, 0.29) is 28.9 Å². The normalized spacial score (nSPS) is 14.3. The first-order valence-corrected chi connectivity index (χ1v) is 11.2. The second-order valence-corrected chi connectivity index (χ2v) is 8.31. The Morgan fingerprint density at radius 3 is 2.35 bits per heavy atom. The lowest BCUT2D eigenvalue weighted by atomic mass is 9.97. The van der Waals surface area contributed by atoms with Crippen molar-refractivity contribution in [3.05, 3.63) is 93.3 Å². The van der Waals surface area contributed by atoms with Crippen molar-refractivity contribution in [2.75, 3.05) is 0 Å². The number of hydrogen-bond donors (Lipinski definition) is 1. The van der Waals surface area contributed by atoms with Crippen molar-refractivity contribution in [2.24, 2.45) is 0 Å². The Balaban J connectivity index is 1.63. The SMILES string of the molecule is O=C(O)c1ccc(-c2ccc(F)cc2)cc1/C=C/c1ccc(OC2CCCCC2)c([N+](=O)[O-])c1. The van der Waals surface area contributed by atoms with Crippen LogP contribution >= 0.6 is 0 Å². The van der Waals surface area contributed by atoms with E-state index < -0.39 is 10.9 Å². The molecule has 4 rings (SSSR count). The molecule has 1 aliphatic carbocycles. The first-order valence-electron chi connectivity index (χ1n) is 11.2. The summed E-state index contributed by atoms with van der Waals surface area (Å²) in [4.78, 5) is 22.9. The van der Waals surface area contributed by atoms with E-state index in [1.807, 2.05) is 0 Å². The quantitative estimate of drug-likeness (QED) is 0.233. The number of nitro benzene ring substituents is 1. The molecule has 0 saturated heterocycles. The Kier molecular flexibility index (Phi) is 7.01. The molecule has 3 aromatic carbocycles. The molecule has 0 aromatic heterocycles. The van der Waals surface area contributed by atoms with E-state index >= 15 is 0 Å². The smallest absolute Gasteiger partial charge is 0.336 e. The number of carboxylic acid groups (broad SMARTS) is 1. The lowest BCUT2D eigenvalue weighted by Crippen LogP contribution is -2.20. The van der Waals surface area contributed by atoms with E-state index in [2.05, 4.69) is 0 Å². The molecule has 0 atom stereocenters. The molecule has 0 unspecified atom stereocenters. The van der Waals surface area contributed by atoms with Crippen molar-refractivity contribution in [3.8, 4) is 16.9 Å². The number of halogens is 1. The van der Waals surface area contributed by atoms with Crippen molar-refractivity contribution in [3.63, 3.8) is 0 Å². The fourth-order valence-corrected chi connectivity index (χ4v) is 4.15. The van der Waals surface area contributed by atoms with Crippen LogP contribution in [0.2, 0.25) is 0 Å². The summed E-state index contributed by atoms with van der Waals surface area (Å²) >= 11 is 0. The van der Waals surface area contributed by atoms with E-state index in [9.17, 15) is 24.4 Å². The minimum Gasteiger partial charge on any atom is -0.484 e. The Morgan fingerprint density at radius 2 is 1.68 bits per heavy atom. The molecule has 1 saturated carbocycles. The summed E-state index contributed by atoms with van der Waals surface area (Å²) in [6.07, 6.45) is 8.28. The van der Waals surface area contributed by atoms with Crippen LogP contribution in [0.3, 0.4) is 0 Å². The highest BCUT2D eigenvalue weighted by molar-refractivity contribution is 5.94. The molecule has 0 spiro atoms. The first-order chi connectivity index (χ1) is 16.4. The fraction of sp³-hybridized carbons (Fsp3) is 0.222. The zero-order valence-corrected chi connectivity index (χ0v) is 18.4. The molecule has 174 valence electrons. The van der Waals surface area contributed by atoms with Crippen molar-refractivity contribution in [2.45, 2.75) is 38.2 Å². The summed E-state index contributed by atoms with van der Waals surface area (Å²) in [6.45, 7) is 0. The van der Waals surface area contributed by atoms with Crippen molar-refractivity contribution in [1.82, 2.24) is 0 Å². The Morgan fingerprint density at radius 1 is 0.971 bits per heavy atom. The first kappa shape index (κ1) is 23.2. The molecular weight excluding hydrogens is 437 g/mol. The molecule has 0 heterocycles. The third kappa shape index (κ3) is 5.49. The number of carbonyl (C=O) groups is 1. The van der Waals surface area contributed by atoms with Gasteiger partial charge in [-0.3, -0.25) is 10.1 Å². The molecule has 34 heavy (non-hydrogen) atoms. The highest BCUT2D eigenvalue weighted by Crippen LogP contribution is 2.32. The van der Waals surface area contributed by atoms with Gasteiger partial charge in [-0.05, 0) is 78.3 Å². The molecule has 1 N–H and O–H groups in total. The second kappa shape index (κ2) is 10.3. The Bertz CT molecular complexity index is 1230. The maximum absolute atomic E-state index is 13.3. The van der Waals surface area contributed by atoms with Gasteiger partial charge in [0.2, 0.25) is 0 Å². The van der Waals surface area contributed by atoms with Crippen molar-refractivity contribution >= 4 is 23.8 Å². The number of hydrogen-bond acceptors (Lipinski definition) is 4. The Hall–Kier alpha value is -4.00. The summed E-state index contributed by atoms with van der Waals surface area (Å²) < 4.78 is 19.2. The molecule has 0 radical (unpaired) electrons. The van der Waals surface area contributed by atoms with Crippen LogP contribution in [-0.4, -0.2) is 22.1 Å². The van der Waals surface area contributed by atoms with E-state index in [0.29, 0.717) is 11.1 Å². The molecule has 1 fully saturated rings. The number of benzene rings is 3. The highest BCUT2D eigenvalue weighted by Gasteiger charge is 2.21. The number of nitrogens with zero attached hydrogens (tertiary/aromatic N) is 1. The molecule has 7 heteroatoms. The van der Waals surface area contributed by atoms with Gasteiger partial charge in [-0.25, -0.2) is 9.18 Å². The molecule has 3 aromatic rings. The maximum atomic E-state index is 13.3. The minimum atomic E-state index is -1.09. The summed E-state index contributed by atoms with van der Waals surface area (Å²) in [5.41, 5.74) is 2.42. The van der Waals surface area contributed by atoms with Gasteiger partial charge in [0.15, 0.2) is 5.75 Å². The van der Waals surface area contributed by atoms with Gasteiger partial charge in [-0.1, -0.05) is 42.8 Å². The van der Waals surface area contributed by atoms with Crippen LogP contribution < -0.4 is 4.74 Å². The van der Waals surface area contributed by atoms with Crippen LogP contribution in [0.15, 0.2) is 60.7 Å². The zero-order valence-electron chi connectivity index (χ0n) is 18.4. The number of carboxylic acids is 1. The predicted octanol–water partition coefficient (Wildman–Crippen LogP) is 6.98. The van der Waals surface area contributed by atoms with Gasteiger partial charge in [0, 0.05) is 6.07 Å². The summed E-state index contributed by atoms with van der Waals surface area (Å²) in [5, 5.41) is 21.2. The topological polar surface area (TPSA) is 89.7 Å². The standard InChI is InChI=1S/C27H24FNO5/c28-22-12-9-19(10-13-22)20-11-14-24(27(30)31)21(17-20)8-6-18-7-15-26(25(16-18)29(32)33)34-23-4-2-1-3-5-23/h6-17,23H,1-5H2,(H,30,31)/b8-6+. The van der Waals surface area contributed by atoms with Crippen LogP contribution in [0.4, 0.5) is 10.1 Å². The Labute approximate surface area is 196 Å². The van der Waals surface area contributed by atoms with E-state index in [1.165, 1.54) is 24.3 Å². The monoisotopic (exact) mass is 461 g/mol. The van der Waals surface area contributed by atoms with Crippen LogP contribution in [0.5, 0.6) is 5.75 Å². The van der Waals surface area contributed by atoms with Crippen LogP contribution in [0, 0.1) is 15.9 Å². The van der Waals surface area contributed by atoms with Gasteiger partial charge < -0.3 is 9.84 Å². The average molecular weight is 461 g/mol. The fourth-order valence-electron chi connectivity index (χ4n) is 4.15. The predicted molar refractivity (Wildman–Crippen MR) is 128 cm³/mol. The summed E-state index contributed by atoms with van der Waals surface area (Å²) in [6, 6.07) is 15.5. The molecule has 6 nitrogen and oxygen atoms in total. The molecule has 0 amide bonds. The third-order valence-electron chi connectivity index (χ3n) is 5.94. The van der Waals surface area contributed by atoms with E-state index in [1.54, 1.807) is 48.6 Å². The summed E-state index contributed by atoms with van der Waals surface area (Å²) in [7, 11) is 0. The molecular formula is C27H24FNO5. The summed E-state index contributed by atoms with van der Waals surface area (Å²) in [5.74, 6) is -1.20. The van der Waals surface area contributed by atoms with Crippen LogP contribution in [0.1, 0.15) is 53.6 Å². The van der Waals surface area contributed by atoms with Gasteiger partial charge in [0.05, 0.1) is 16.6 Å². The van der Waals surface area contributed by atoms with Crippen LogP contribution in [0.25, 0.3) is 23.3 Å². The van der Waals surface area contributed by atoms with Gasteiger partial charge in [-0.2, -0.15) is 0 Å². The lowest BCUT2D eigenvalue weighted by molar-refractivity contribution is -0.386. The van der Waals surface area contributed by atoms with E-state index in [0.717, 1.165) is 43.2 Å². The average Bonchev–Trinajstić information content (AvgIpc) is 2.84. The number of ether oxygens (including phenoxy) is 1. The molecule has 0 aliphatic heterocycles. The molecule has 0 bridgehead atoms. The van der Waals surface area contributed by atoms with Crippen molar-refractivity contribution in [1.29, 1.82) is 0 Å². The highest BCUT2D eigenvalue weighted by atomic mass is 19.1.